The van der Waals surface area contributed by atoms with E-state index in [2.05, 4.69) is 5.32 Å². The van der Waals surface area contributed by atoms with E-state index in [4.69, 9.17) is 10.8 Å². The molecule has 0 aromatic heterocycles. The van der Waals surface area contributed by atoms with Gasteiger partial charge in [-0.05, 0) is 11.8 Å². The Labute approximate surface area is 96.4 Å². The van der Waals surface area contributed by atoms with Gasteiger partial charge in [-0.1, -0.05) is 27.7 Å². The number of nitrogens with one attached hydrogen (secondary N) is 1. The molecular formula is C11H22N2O3. The third-order valence-electron chi connectivity index (χ3n) is 2.51. The van der Waals surface area contributed by atoms with Gasteiger partial charge in [-0.15, -0.1) is 0 Å². The summed E-state index contributed by atoms with van der Waals surface area (Å²) in [4.78, 5) is 22.1. The monoisotopic (exact) mass is 230 g/mol. The Bertz CT molecular complexity index is 258. The van der Waals surface area contributed by atoms with Crippen LogP contribution in [0, 0.1) is 11.3 Å². The van der Waals surface area contributed by atoms with Gasteiger partial charge in [0.25, 0.3) is 0 Å². The van der Waals surface area contributed by atoms with E-state index in [-0.39, 0.29) is 11.3 Å². The molecule has 0 rings (SSSR count). The number of amides is 1. The van der Waals surface area contributed by atoms with Crippen LogP contribution in [-0.2, 0) is 9.59 Å². The Morgan fingerprint density at radius 3 is 2.25 bits per heavy atom. The highest BCUT2D eigenvalue weighted by atomic mass is 16.4. The maximum Gasteiger partial charge on any atom is 0.306 e. The topological polar surface area (TPSA) is 92.4 Å². The first-order valence-electron chi connectivity index (χ1n) is 5.42. The van der Waals surface area contributed by atoms with Gasteiger partial charge in [-0.3, -0.25) is 9.59 Å². The Morgan fingerprint density at radius 1 is 1.38 bits per heavy atom. The van der Waals surface area contributed by atoms with Crippen molar-refractivity contribution in [2.75, 3.05) is 6.54 Å². The minimum Gasteiger partial charge on any atom is -0.481 e. The molecule has 0 aromatic rings. The van der Waals surface area contributed by atoms with Gasteiger partial charge in [0.05, 0.1) is 12.0 Å². The lowest BCUT2D eigenvalue weighted by Gasteiger charge is -2.25. The zero-order chi connectivity index (χ0) is 12.9. The first-order valence-corrected chi connectivity index (χ1v) is 5.42. The van der Waals surface area contributed by atoms with Gasteiger partial charge in [-0.2, -0.15) is 0 Å². The lowest BCUT2D eigenvalue weighted by molar-refractivity contribution is -0.141. The fourth-order valence-electron chi connectivity index (χ4n) is 1.04. The van der Waals surface area contributed by atoms with Crippen molar-refractivity contribution in [2.24, 2.45) is 17.1 Å². The number of aliphatic carboxylic acids is 1. The average molecular weight is 230 g/mol. The fourth-order valence-corrected chi connectivity index (χ4v) is 1.04. The molecule has 94 valence electrons. The van der Waals surface area contributed by atoms with Crippen molar-refractivity contribution < 1.29 is 14.7 Å². The summed E-state index contributed by atoms with van der Waals surface area (Å²) in [5.74, 6) is -1.54. The Hall–Kier alpha value is -1.10. The second-order valence-corrected chi connectivity index (χ2v) is 5.16. The molecule has 0 aliphatic heterocycles. The molecule has 0 bridgehead atoms. The smallest absolute Gasteiger partial charge is 0.306 e. The molecule has 5 nitrogen and oxygen atoms in total. The van der Waals surface area contributed by atoms with Crippen molar-refractivity contribution in [2.45, 2.75) is 40.2 Å². The highest BCUT2D eigenvalue weighted by Gasteiger charge is 2.27. The summed E-state index contributed by atoms with van der Waals surface area (Å²) in [6.45, 7) is 7.61. The van der Waals surface area contributed by atoms with Crippen LogP contribution in [-0.4, -0.2) is 29.6 Å². The zero-order valence-electron chi connectivity index (χ0n) is 10.4. The van der Waals surface area contributed by atoms with Crippen LogP contribution in [0.4, 0.5) is 0 Å². The SMILES string of the molecule is CC(CCNC(=O)[C@H](N)C(C)(C)C)C(=O)O. The lowest BCUT2D eigenvalue weighted by Crippen LogP contribution is -2.48. The molecule has 0 saturated heterocycles. The Balaban J connectivity index is 3.96. The lowest BCUT2D eigenvalue weighted by atomic mass is 9.87. The highest BCUT2D eigenvalue weighted by Crippen LogP contribution is 2.17. The molecule has 0 spiro atoms. The number of nitrogens with two attached hydrogens (primary N) is 1. The zero-order valence-corrected chi connectivity index (χ0v) is 10.4. The summed E-state index contributed by atoms with van der Waals surface area (Å²) in [6.07, 6.45) is 0.415. The molecule has 2 atom stereocenters. The molecule has 1 unspecified atom stereocenters. The highest BCUT2D eigenvalue weighted by molar-refractivity contribution is 5.82. The summed E-state index contributed by atoms with van der Waals surface area (Å²) < 4.78 is 0. The second-order valence-electron chi connectivity index (χ2n) is 5.16. The van der Waals surface area contributed by atoms with E-state index >= 15 is 0 Å². The fraction of sp³-hybridized carbons (Fsp3) is 0.818. The van der Waals surface area contributed by atoms with E-state index in [1.54, 1.807) is 6.92 Å². The molecule has 0 aromatic carbocycles. The number of hydrogen-bond donors (Lipinski definition) is 3. The molecule has 0 aliphatic rings. The van der Waals surface area contributed by atoms with Crippen LogP contribution in [0.15, 0.2) is 0 Å². The van der Waals surface area contributed by atoms with Crippen LogP contribution >= 0.6 is 0 Å². The molecular weight excluding hydrogens is 208 g/mol. The number of carbonyl (C=O) groups is 2. The number of hydrogen-bond acceptors (Lipinski definition) is 3. The van der Waals surface area contributed by atoms with Crippen molar-refractivity contribution in [1.82, 2.24) is 5.32 Å². The second kappa shape index (κ2) is 5.84. The van der Waals surface area contributed by atoms with Gasteiger partial charge in [-0.25, -0.2) is 0 Å². The predicted octanol–water partition coefficient (Wildman–Crippen LogP) is 0.587. The molecule has 1 amide bonds. The summed E-state index contributed by atoms with van der Waals surface area (Å²) in [5.41, 5.74) is 5.45. The molecule has 16 heavy (non-hydrogen) atoms. The summed E-state index contributed by atoms with van der Waals surface area (Å²) >= 11 is 0. The van der Waals surface area contributed by atoms with Gasteiger partial charge in [0.15, 0.2) is 0 Å². The third kappa shape index (κ3) is 5.11. The van der Waals surface area contributed by atoms with Gasteiger partial charge < -0.3 is 16.2 Å². The van der Waals surface area contributed by atoms with Gasteiger partial charge >= 0.3 is 5.97 Å². The predicted molar refractivity (Wildman–Crippen MR) is 61.9 cm³/mol. The number of carbonyl (C=O) groups excluding carboxylic acids is 1. The van der Waals surface area contributed by atoms with E-state index in [0.29, 0.717) is 13.0 Å². The maximum atomic E-state index is 11.6. The summed E-state index contributed by atoms with van der Waals surface area (Å²) in [5, 5.41) is 11.3. The first kappa shape index (κ1) is 14.9. The van der Waals surface area contributed by atoms with E-state index in [1.807, 2.05) is 20.8 Å². The van der Waals surface area contributed by atoms with Crippen molar-refractivity contribution in [3.05, 3.63) is 0 Å². The van der Waals surface area contributed by atoms with Crippen LogP contribution in [0.2, 0.25) is 0 Å². The van der Waals surface area contributed by atoms with E-state index < -0.39 is 17.9 Å². The Kier molecular flexibility index (Phi) is 5.44. The number of carboxylic acids is 1. The molecule has 0 radical (unpaired) electrons. The van der Waals surface area contributed by atoms with Crippen molar-refractivity contribution in [3.8, 4) is 0 Å². The molecule has 0 saturated carbocycles. The van der Waals surface area contributed by atoms with Crippen molar-refractivity contribution in [1.29, 1.82) is 0 Å². The van der Waals surface area contributed by atoms with Gasteiger partial charge in [0.1, 0.15) is 0 Å². The van der Waals surface area contributed by atoms with Crippen LogP contribution in [0.3, 0.4) is 0 Å². The van der Waals surface area contributed by atoms with Crippen LogP contribution in [0.5, 0.6) is 0 Å². The van der Waals surface area contributed by atoms with Gasteiger partial charge in [0.2, 0.25) is 5.91 Å². The summed E-state index contributed by atoms with van der Waals surface area (Å²) in [6, 6.07) is -0.576. The minimum atomic E-state index is -0.852. The third-order valence-corrected chi connectivity index (χ3v) is 2.51. The minimum absolute atomic E-state index is 0.231. The van der Waals surface area contributed by atoms with Crippen LogP contribution in [0.25, 0.3) is 0 Å². The largest absolute Gasteiger partial charge is 0.481 e. The van der Waals surface area contributed by atoms with E-state index in [9.17, 15) is 9.59 Å². The van der Waals surface area contributed by atoms with Crippen molar-refractivity contribution >= 4 is 11.9 Å². The quantitative estimate of drug-likeness (QED) is 0.644. The summed E-state index contributed by atoms with van der Waals surface area (Å²) in [7, 11) is 0. The molecule has 5 heteroatoms. The first-order chi connectivity index (χ1) is 7.16. The van der Waals surface area contributed by atoms with Crippen molar-refractivity contribution in [3.63, 3.8) is 0 Å². The standard InChI is InChI=1S/C11H22N2O3/c1-7(10(15)16)5-6-13-9(14)8(12)11(2,3)4/h7-8H,5-6,12H2,1-4H3,(H,13,14)(H,15,16)/t7?,8-/m0/s1. The average Bonchev–Trinajstić information content (AvgIpc) is 2.14. The molecule has 0 fully saturated rings. The number of carboxylic acid groups (broad SMARTS) is 1. The van der Waals surface area contributed by atoms with Crippen LogP contribution < -0.4 is 11.1 Å². The Morgan fingerprint density at radius 2 is 1.88 bits per heavy atom. The van der Waals surface area contributed by atoms with E-state index in [0.717, 1.165) is 0 Å². The van der Waals surface area contributed by atoms with Gasteiger partial charge in [0, 0.05) is 6.54 Å². The van der Waals surface area contributed by atoms with E-state index in [1.165, 1.54) is 0 Å². The maximum absolute atomic E-state index is 11.6. The molecule has 4 N–H and O–H groups in total. The van der Waals surface area contributed by atoms with Crippen LogP contribution in [0.1, 0.15) is 34.1 Å². The normalized spacial score (nSPS) is 15.3. The molecule has 0 heterocycles. The number of rotatable bonds is 5. The molecule has 0 aliphatic carbocycles.